The van der Waals surface area contributed by atoms with E-state index in [2.05, 4.69) is 38.1 Å². The monoisotopic (exact) mass is 274 g/mol. The summed E-state index contributed by atoms with van der Waals surface area (Å²) >= 11 is 0. The molecule has 2 N–H and O–H groups in total. The fourth-order valence-corrected chi connectivity index (χ4v) is 2.99. The van der Waals surface area contributed by atoms with Crippen LogP contribution in [-0.2, 0) is 11.2 Å². The molecule has 20 heavy (non-hydrogen) atoms. The van der Waals surface area contributed by atoms with Crippen LogP contribution in [0.4, 0.5) is 0 Å². The Morgan fingerprint density at radius 3 is 2.70 bits per heavy atom. The first-order valence-electron chi connectivity index (χ1n) is 7.64. The van der Waals surface area contributed by atoms with Crippen molar-refractivity contribution < 1.29 is 4.79 Å². The minimum atomic E-state index is -0.328. The van der Waals surface area contributed by atoms with Crippen molar-refractivity contribution >= 4 is 5.91 Å². The summed E-state index contributed by atoms with van der Waals surface area (Å²) in [7, 11) is 0. The van der Waals surface area contributed by atoms with Gasteiger partial charge >= 0.3 is 0 Å². The highest BCUT2D eigenvalue weighted by molar-refractivity contribution is 5.81. The normalized spacial score (nSPS) is 20.4. The SMILES string of the molecule is CC(C)C[C@H](N)C(=O)N1CCC(Cc2ccccc2)C1. The van der Waals surface area contributed by atoms with Gasteiger partial charge in [0.25, 0.3) is 0 Å². The average molecular weight is 274 g/mol. The summed E-state index contributed by atoms with van der Waals surface area (Å²) in [6.07, 6.45) is 2.93. The highest BCUT2D eigenvalue weighted by atomic mass is 16.2. The fourth-order valence-electron chi connectivity index (χ4n) is 2.99. The molecule has 1 saturated heterocycles. The lowest BCUT2D eigenvalue weighted by atomic mass is 9.99. The molecule has 0 saturated carbocycles. The van der Waals surface area contributed by atoms with Crippen LogP contribution < -0.4 is 5.73 Å². The quantitative estimate of drug-likeness (QED) is 0.896. The molecule has 2 rings (SSSR count). The van der Waals surface area contributed by atoms with Crippen molar-refractivity contribution in [3.8, 4) is 0 Å². The summed E-state index contributed by atoms with van der Waals surface area (Å²) in [4.78, 5) is 14.2. The number of amides is 1. The number of carbonyl (C=O) groups is 1. The molecule has 1 fully saturated rings. The van der Waals surface area contributed by atoms with Crippen molar-refractivity contribution in [3.63, 3.8) is 0 Å². The number of hydrogen-bond acceptors (Lipinski definition) is 2. The Balaban J connectivity index is 1.84. The van der Waals surface area contributed by atoms with E-state index < -0.39 is 0 Å². The molecule has 0 spiro atoms. The molecule has 1 amide bonds. The van der Waals surface area contributed by atoms with E-state index >= 15 is 0 Å². The molecule has 0 bridgehead atoms. The lowest BCUT2D eigenvalue weighted by molar-refractivity contribution is -0.132. The molecule has 1 heterocycles. The Morgan fingerprint density at radius 2 is 2.05 bits per heavy atom. The maximum absolute atomic E-state index is 12.3. The Bertz CT molecular complexity index is 430. The van der Waals surface area contributed by atoms with Crippen molar-refractivity contribution in [2.75, 3.05) is 13.1 Å². The molecular weight excluding hydrogens is 248 g/mol. The summed E-state index contributed by atoms with van der Waals surface area (Å²) in [5, 5.41) is 0. The maximum Gasteiger partial charge on any atom is 0.239 e. The molecule has 1 unspecified atom stereocenters. The van der Waals surface area contributed by atoms with E-state index in [4.69, 9.17) is 5.73 Å². The number of carbonyl (C=O) groups excluding carboxylic acids is 1. The van der Waals surface area contributed by atoms with Gasteiger partial charge in [-0.25, -0.2) is 0 Å². The second kappa shape index (κ2) is 6.89. The van der Waals surface area contributed by atoms with E-state index in [0.717, 1.165) is 32.4 Å². The third-order valence-electron chi connectivity index (χ3n) is 4.01. The Morgan fingerprint density at radius 1 is 1.35 bits per heavy atom. The lowest BCUT2D eigenvalue weighted by Crippen LogP contribution is -2.43. The van der Waals surface area contributed by atoms with Crippen molar-refractivity contribution in [3.05, 3.63) is 35.9 Å². The van der Waals surface area contributed by atoms with E-state index in [1.165, 1.54) is 5.56 Å². The number of likely N-dealkylation sites (tertiary alicyclic amines) is 1. The van der Waals surface area contributed by atoms with Crippen LogP contribution in [-0.4, -0.2) is 29.9 Å². The minimum Gasteiger partial charge on any atom is -0.341 e. The Kier molecular flexibility index (Phi) is 5.18. The highest BCUT2D eigenvalue weighted by Crippen LogP contribution is 2.22. The highest BCUT2D eigenvalue weighted by Gasteiger charge is 2.29. The molecule has 0 aromatic heterocycles. The van der Waals surface area contributed by atoms with Gasteiger partial charge in [0, 0.05) is 13.1 Å². The predicted molar refractivity (Wildman–Crippen MR) is 82.3 cm³/mol. The van der Waals surface area contributed by atoms with Gasteiger partial charge < -0.3 is 10.6 Å². The Labute approximate surface area is 122 Å². The van der Waals surface area contributed by atoms with Gasteiger partial charge in [-0.2, -0.15) is 0 Å². The number of nitrogens with two attached hydrogens (primary N) is 1. The van der Waals surface area contributed by atoms with E-state index in [-0.39, 0.29) is 11.9 Å². The minimum absolute atomic E-state index is 0.134. The third kappa shape index (κ3) is 4.07. The van der Waals surface area contributed by atoms with E-state index in [0.29, 0.717) is 11.8 Å². The first-order chi connectivity index (χ1) is 9.56. The van der Waals surface area contributed by atoms with Gasteiger partial charge in [0.1, 0.15) is 0 Å². The van der Waals surface area contributed by atoms with Gasteiger partial charge in [0.15, 0.2) is 0 Å². The number of rotatable bonds is 5. The topological polar surface area (TPSA) is 46.3 Å². The van der Waals surface area contributed by atoms with Crippen LogP contribution in [0.2, 0.25) is 0 Å². The van der Waals surface area contributed by atoms with Crippen molar-refractivity contribution in [2.24, 2.45) is 17.6 Å². The molecule has 1 aromatic rings. The van der Waals surface area contributed by atoms with E-state index in [9.17, 15) is 4.79 Å². The molecule has 2 atom stereocenters. The van der Waals surface area contributed by atoms with Gasteiger partial charge in [-0.3, -0.25) is 4.79 Å². The summed E-state index contributed by atoms with van der Waals surface area (Å²) in [6.45, 7) is 5.94. The molecule has 3 heteroatoms. The van der Waals surface area contributed by atoms with E-state index in [1.807, 2.05) is 11.0 Å². The zero-order valence-corrected chi connectivity index (χ0v) is 12.6. The standard InChI is InChI=1S/C17H26N2O/c1-13(2)10-16(18)17(20)19-9-8-15(12-19)11-14-6-4-3-5-7-14/h3-7,13,15-16H,8-12,18H2,1-2H3/t15?,16-/m0/s1. The van der Waals surface area contributed by atoms with Crippen molar-refractivity contribution in [1.82, 2.24) is 4.90 Å². The number of benzene rings is 1. The number of hydrogen-bond donors (Lipinski definition) is 1. The van der Waals surface area contributed by atoms with Gasteiger partial charge in [0.2, 0.25) is 5.91 Å². The van der Waals surface area contributed by atoms with Crippen LogP contribution in [0, 0.1) is 11.8 Å². The number of nitrogens with zero attached hydrogens (tertiary/aromatic N) is 1. The van der Waals surface area contributed by atoms with Gasteiger partial charge in [-0.05, 0) is 36.7 Å². The average Bonchev–Trinajstić information content (AvgIpc) is 2.86. The van der Waals surface area contributed by atoms with Crippen molar-refractivity contribution in [2.45, 2.75) is 39.2 Å². The molecule has 1 aliphatic heterocycles. The van der Waals surface area contributed by atoms with E-state index in [1.54, 1.807) is 0 Å². The van der Waals surface area contributed by atoms with Crippen LogP contribution in [0.1, 0.15) is 32.3 Å². The Hall–Kier alpha value is -1.35. The van der Waals surface area contributed by atoms with Crippen molar-refractivity contribution in [1.29, 1.82) is 0 Å². The van der Waals surface area contributed by atoms with Crippen LogP contribution in [0.25, 0.3) is 0 Å². The summed E-state index contributed by atoms with van der Waals surface area (Å²) < 4.78 is 0. The van der Waals surface area contributed by atoms with Crippen LogP contribution >= 0.6 is 0 Å². The molecule has 1 aliphatic rings. The summed E-state index contributed by atoms with van der Waals surface area (Å²) in [5.41, 5.74) is 7.36. The molecule has 110 valence electrons. The fraction of sp³-hybridized carbons (Fsp3) is 0.588. The first-order valence-corrected chi connectivity index (χ1v) is 7.64. The summed E-state index contributed by atoms with van der Waals surface area (Å²) in [6, 6.07) is 10.2. The second-order valence-electron chi connectivity index (χ2n) is 6.36. The molecular formula is C17H26N2O. The predicted octanol–water partition coefficient (Wildman–Crippen LogP) is 2.45. The maximum atomic E-state index is 12.3. The summed E-state index contributed by atoms with van der Waals surface area (Å²) in [5.74, 6) is 1.18. The zero-order valence-electron chi connectivity index (χ0n) is 12.6. The molecule has 1 aromatic carbocycles. The first kappa shape index (κ1) is 15.0. The smallest absolute Gasteiger partial charge is 0.239 e. The molecule has 3 nitrogen and oxygen atoms in total. The second-order valence-corrected chi connectivity index (χ2v) is 6.36. The van der Waals surface area contributed by atoms with Gasteiger partial charge in [-0.15, -0.1) is 0 Å². The lowest BCUT2D eigenvalue weighted by Gasteiger charge is -2.22. The van der Waals surface area contributed by atoms with Crippen LogP contribution in [0.15, 0.2) is 30.3 Å². The molecule has 0 radical (unpaired) electrons. The molecule has 0 aliphatic carbocycles. The van der Waals surface area contributed by atoms with Crippen LogP contribution in [0.5, 0.6) is 0 Å². The third-order valence-corrected chi connectivity index (χ3v) is 4.01. The largest absolute Gasteiger partial charge is 0.341 e. The van der Waals surface area contributed by atoms with Crippen LogP contribution in [0.3, 0.4) is 0 Å². The van der Waals surface area contributed by atoms with Gasteiger partial charge in [0.05, 0.1) is 6.04 Å². The zero-order chi connectivity index (χ0) is 14.5. The van der Waals surface area contributed by atoms with Gasteiger partial charge in [-0.1, -0.05) is 44.2 Å².